The SMILES string of the molecule is CCC(=O)NC(c1ccc(C)cc1)c1ccc2cccnc2c1O.CCC(=O)NC(c1cccc([N+](=O)[O-])c1)c1ccc2cccnc2c1O.CCC(=O)NC(c1ccccc1Cl)c1ccc2cccnc2c1O. The number of nitro groups is 1. The van der Waals surface area contributed by atoms with Gasteiger partial charge in [-0.05, 0) is 47.9 Å². The third-order valence-electron chi connectivity index (χ3n) is 12.2. The van der Waals surface area contributed by atoms with Crippen molar-refractivity contribution < 1.29 is 34.6 Å². The van der Waals surface area contributed by atoms with Crippen molar-refractivity contribution in [1.29, 1.82) is 0 Å². The molecule has 0 aliphatic carbocycles. The van der Waals surface area contributed by atoms with Crippen molar-refractivity contribution in [2.24, 2.45) is 0 Å². The molecule has 3 aromatic heterocycles. The van der Waals surface area contributed by atoms with E-state index < -0.39 is 23.0 Å². The van der Waals surface area contributed by atoms with Crippen LogP contribution in [0, 0.1) is 17.0 Å². The zero-order valence-corrected chi connectivity index (χ0v) is 41.7. The molecule has 9 rings (SSSR count). The largest absolute Gasteiger partial charge is 0.505 e. The van der Waals surface area contributed by atoms with Gasteiger partial charge in [-0.25, -0.2) is 0 Å². The molecule has 0 aliphatic rings. The van der Waals surface area contributed by atoms with Gasteiger partial charge in [0.1, 0.15) is 33.8 Å². The van der Waals surface area contributed by atoms with E-state index in [1.807, 2.05) is 105 Å². The van der Waals surface area contributed by atoms with Crippen LogP contribution in [0.3, 0.4) is 0 Å². The molecule has 0 radical (unpaired) electrons. The smallest absolute Gasteiger partial charge is 0.269 e. The molecule has 6 aromatic carbocycles. The molecule has 16 heteroatoms. The first kappa shape index (κ1) is 52.9. The monoisotopic (exact) mass is 1010 g/mol. The first-order chi connectivity index (χ1) is 35.7. The van der Waals surface area contributed by atoms with Crippen molar-refractivity contribution in [2.75, 3.05) is 0 Å². The lowest BCUT2D eigenvalue weighted by Crippen LogP contribution is -2.28. The van der Waals surface area contributed by atoms with Crippen LogP contribution in [0.15, 0.2) is 164 Å². The molecule has 0 aliphatic heterocycles. The van der Waals surface area contributed by atoms with Crippen molar-refractivity contribution in [2.45, 2.75) is 65.1 Å². The maximum Gasteiger partial charge on any atom is 0.269 e. The van der Waals surface area contributed by atoms with Gasteiger partial charge in [0.15, 0.2) is 0 Å². The van der Waals surface area contributed by atoms with Gasteiger partial charge in [0, 0.05) is 87.9 Å². The van der Waals surface area contributed by atoms with E-state index in [4.69, 9.17) is 11.6 Å². The van der Waals surface area contributed by atoms with E-state index in [0.717, 1.165) is 32.8 Å². The number of aryl methyl sites for hydroxylation is 1. The molecule has 0 bridgehead atoms. The number of phenolic OH excluding ortho intramolecular Hbond substituents is 3. The van der Waals surface area contributed by atoms with E-state index in [1.54, 1.807) is 74.9 Å². The molecule has 0 fully saturated rings. The molecule has 0 saturated carbocycles. The molecule has 3 amide bonds. The Kier molecular flexibility index (Phi) is 17.5. The molecule has 9 aromatic rings. The van der Waals surface area contributed by atoms with Crippen molar-refractivity contribution in [3.63, 3.8) is 0 Å². The number of halogens is 1. The number of non-ortho nitro benzene ring substituents is 1. The Morgan fingerprint density at radius 3 is 1.36 bits per heavy atom. The van der Waals surface area contributed by atoms with Crippen LogP contribution in [0.1, 0.15) is 97.1 Å². The molecule has 0 saturated heterocycles. The summed E-state index contributed by atoms with van der Waals surface area (Å²) < 4.78 is 0. The number of carbonyl (C=O) groups is 3. The summed E-state index contributed by atoms with van der Waals surface area (Å²) in [5, 5.41) is 54.9. The zero-order valence-electron chi connectivity index (χ0n) is 41.0. The molecule has 3 atom stereocenters. The van der Waals surface area contributed by atoms with E-state index >= 15 is 0 Å². The summed E-state index contributed by atoms with van der Waals surface area (Å²) in [7, 11) is 0. The number of amides is 3. The minimum atomic E-state index is -0.728. The van der Waals surface area contributed by atoms with Crippen molar-refractivity contribution >= 4 is 67.7 Å². The van der Waals surface area contributed by atoms with Gasteiger partial charge < -0.3 is 31.3 Å². The van der Waals surface area contributed by atoms with Gasteiger partial charge in [-0.15, -0.1) is 0 Å². The van der Waals surface area contributed by atoms with Crippen molar-refractivity contribution in [3.05, 3.63) is 218 Å². The number of hydrogen-bond donors (Lipinski definition) is 6. The number of fused-ring (bicyclic) bond motifs is 3. The van der Waals surface area contributed by atoms with E-state index in [1.165, 1.54) is 12.1 Å². The number of phenols is 3. The maximum absolute atomic E-state index is 12.0. The van der Waals surface area contributed by atoms with Gasteiger partial charge in [0.25, 0.3) is 5.69 Å². The van der Waals surface area contributed by atoms with Gasteiger partial charge in [-0.1, -0.05) is 147 Å². The molecular weight excluding hydrogens is 958 g/mol. The van der Waals surface area contributed by atoms with Crippen LogP contribution in [0.4, 0.5) is 5.69 Å². The van der Waals surface area contributed by atoms with E-state index in [2.05, 4.69) is 30.9 Å². The Morgan fingerprint density at radius 2 is 0.932 bits per heavy atom. The third kappa shape index (κ3) is 12.4. The molecular formula is C58H54ClN7O8. The Hall–Kier alpha value is -8.95. The number of carbonyl (C=O) groups excluding carboxylic acids is 3. The van der Waals surface area contributed by atoms with Crippen LogP contribution in [-0.2, 0) is 14.4 Å². The summed E-state index contributed by atoms with van der Waals surface area (Å²) in [6.07, 6.45) is 5.82. The van der Waals surface area contributed by atoms with Crippen LogP contribution in [-0.4, -0.2) is 52.9 Å². The second kappa shape index (κ2) is 24.4. The lowest BCUT2D eigenvalue weighted by molar-refractivity contribution is -0.384. The molecule has 15 nitrogen and oxygen atoms in total. The van der Waals surface area contributed by atoms with Crippen LogP contribution in [0.2, 0.25) is 5.02 Å². The van der Waals surface area contributed by atoms with Crippen molar-refractivity contribution in [1.82, 2.24) is 30.9 Å². The second-order valence-electron chi connectivity index (χ2n) is 17.1. The number of nitrogens with zero attached hydrogens (tertiary/aromatic N) is 4. The lowest BCUT2D eigenvalue weighted by atomic mass is 9.95. The standard InChI is InChI=1S/C20H20N2O2.C19H17ClN2O2.C19H17N3O4/c1-3-17(23)22-18(15-8-6-13(2)7-9-15)16-11-10-14-5-4-12-21-19(14)20(16)24;1-2-16(23)22-18(13-7-3-4-8-15(13)20)14-10-9-12-6-5-11-21-17(12)19(14)24;1-2-16(23)21-17(13-5-3-7-14(11-13)22(25)26)15-9-8-12-6-4-10-20-18(12)19(15)24/h4-12,18,24H,3H2,1-2H3,(H,22,23);3-11,18,24H,2H2,1H3,(H,22,23);3-11,17,24H,2H2,1H3,(H,21,23). The fourth-order valence-electron chi connectivity index (χ4n) is 8.21. The number of benzene rings is 6. The molecule has 3 heterocycles. The minimum Gasteiger partial charge on any atom is -0.505 e. The van der Waals surface area contributed by atoms with Gasteiger partial charge in [0.05, 0.1) is 23.0 Å². The number of rotatable bonds is 13. The maximum atomic E-state index is 12.0. The fourth-order valence-corrected chi connectivity index (χ4v) is 8.46. The average molecular weight is 1010 g/mol. The predicted molar refractivity (Wildman–Crippen MR) is 287 cm³/mol. The molecule has 376 valence electrons. The molecule has 3 unspecified atom stereocenters. The Labute approximate surface area is 432 Å². The van der Waals surface area contributed by atoms with E-state index in [-0.39, 0.29) is 47.1 Å². The van der Waals surface area contributed by atoms with Gasteiger partial charge in [-0.3, -0.25) is 39.4 Å². The minimum absolute atomic E-state index is 0.0504. The Bertz CT molecular complexity index is 3480. The highest BCUT2D eigenvalue weighted by Crippen LogP contribution is 2.39. The molecule has 0 spiro atoms. The van der Waals surface area contributed by atoms with E-state index in [0.29, 0.717) is 56.7 Å². The lowest BCUT2D eigenvalue weighted by Gasteiger charge is -2.22. The van der Waals surface area contributed by atoms with Gasteiger partial charge in [0.2, 0.25) is 17.7 Å². The van der Waals surface area contributed by atoms with Crippen LogP contribution in [0.25, 0.3) is 32.7 Å². The highest BCUT2D eigenvalue weighted by atomic mass is 35.5. The summed E-state index contributed by atoms with van der Waals surface area (Å²) >= 11 is 6.32. The number of nitrogens with one attached hydrogen (secondary N) is 3. The number of nitro benzene ring substituents is 1. The van der Waals surface area contributed by atoms with E-state index in [9.17, 15) is 39.8 Å². The quantitative estimate of drug-likeness (QED) is 0.0470. The summed E-state index contributed by atoms with van der Waals surface area (Å²) in [4.78, 5) is 59.3. The van der Waals surface area contributed by atoms with Crippen LogP contribution >= 0.6 is 11.6 Å². The zero-order chi connectivity index (χ0) is 52.9. The topological polar surface area (TPSA) is 230 Å². The summed E-state index contributed by atoms with van der Waals surface area (Å²) in [5.74, 6) is -0.330. The highest BCUT2D eigenvalue weighted by molar-refractivity contribution is 6.31. The number of aromatic nitrogens is 3. The summed E-state index contributed by atoms with van der Waals surface area (Å²) in [6.45, 7) is 7.31. The average Bonchev–Trinajstić information content (AvgIpc) is 3.43. The summed E-state index contributed by atoms with van der Waals surface area (Å²) in [5.41, 5.74) is 6.30. The highest BCUT2D eigenvalue weighted by Gasteiger charge is 2.25. The van der Waals surface area contributed by atoms with Gasteiger partial charge >= 0.3 is 0 Å². The summed E-state index contributed by atoms with van der Waals surface area (Å²) in [6, 6.07) is 41.4. The Balaban J connectivity index is 0.000000162. The van der Waals surface area contributed by atoms with Crippen LogP contribution in [0.5, 0.6) is 17.2 Å². The van der Waals surface area contributed by atoms with Gasteiger partial charge in [-0.2, -0.15) is 0 Å². The normalized spacial score (nSPS) is 12.0. The predicted octanol–water partition coefficient (Wildman–Crippen LogP) is 11.5. The first-order valence-electron chi connectivity index (χ1n) is 23.9. The Morgan fingerprint density at radius 1 is 0.514 bits per heavy atom. The fraction of sp³-hybridized carbons (Fsp3) is 0.172. The van der Waals surface area contributed by atoms with Crippen molar-refractivity contribution in [3.8, 4) is 17.2 Å². The molecule has 74 heavy (non-hydrogen) atoms. The van der Waals surface area contributed by atoms with Crippen LogP contribution < -0.4 is 16.0 Å². The third-order valence-corrected chi connectivity index (χ3v) is 12.5. The second-order valence-corrected chi connectivity index (χ2v) is 17.5. The first-order valence-corrected chi connectivity index (χ1v) is 24.2. The molecule has 6 N–H and O–H groups in total. The number of pyridine rings is 3. The number of hydrogen-bond acceptors (Lipinski definition) is 11. The number of aromatic hydroxyl groups is 3.